The van der Waals surface area contributed by atoms with E-state index in [9.17, 15) is 14.0 Å². The molecule has 1 unspecified atom stereocenters. The maximum atomic E-state index is 13.8. The number of aromatic carboxylic acids is 1. The van der Waals surface area contributed by atoms with E-state index in [1.54, 1.807) is 4.90 Å². The van der Waals surface area contributed by atoms with Crippen molar-refractivity contribution in [3.63, 3.8) is 0 Å². The van der Waals surface area contributed by atoms with E-state index in [1.165, 1.54) is 12.1 Å². The standard InChI is InChI=1S/C15H19FN2O3/c1-10-4-3-8-18(9-7-10)15(21)17-13-11(14(19)20)5-2-6-12(13)16/h2,5-6,10H,3-4,7-9H2,1H3,(H,17,21)(H,19,20). The molecule has 1 saturated heterocycles. The molecule has 0 saturated carbocycles. The predicted molar refractivity (Wildman–Crippen MR) is 77.0 cm³/mol. The number of anilines is 1. The zero-order valence-electron chi connectivity index (χ0n) is 11.9. The summed E-state index contributed by atoms with van der Waals surface area (Å²) in [6.45, 7) is 3.34. The van der Waals surface area contributed by atoms with Gasteiger partial charge in [-0.25, -0.2) is 14.0 Å². The van der Waals surface area contributed by atoms with E-state index < -0.39 is 17.8 Å². The molecule has 0 aliphatic carbocycles. The van der Waals surface area contributed by atoms with Crippen LogP contribution in [-0.4, -0.2) is 35.1 Å². The van der Waals surface area contributed by atoms with E-state index in [-0.39, 0.29) is 11.3 Å². The second-order valence-electron chi connectivity index (χ2n) is 5.42. The molecule has 1 aromatic carbocycles. The fraction of sp³-hybridized carbons (Fsp3) is 0.467. The lowest BCUT2D eigenvalue weighted by atomic mass is 10.0. The molecule has 0 bridgehead atoms. The van der Waals surface area contributed by atoms with Crippen LogP contribution in [0.15, 0.2) is 18.2 Å². The van der Waals surface area contributed by atoms with Crippen LogP contribution in [0.4, 0.5) is 14.9 Å². The van der Waals surface area contributed by atoms with Crippen molar-refractivity contribution in [3.05, 3.63) is 29.6 Å². The van der Waals surface area contributed by atoms with Crippen LogP contribution in [0.5, 0.6) is 0 Å². The van der Waals surface area contributed by atoms with Crippen molar-refractivity contribution in [2.75, 3.05) is 18.4 Å². The Morgan fingerprint density at radius 3 is 2.81 bits per heavy atom. The number of carboxylic acid groups (broad SMARTS) is 1. The first kappa shape index (κ1) is 15.3. The van der Waals surface area contributed by atoms with Gasteiger partial charge in [-0.3, -0.25) is 0 Å². The van der Waals surface area contributed by atoms with E-state index in [0.717, 1.165) is 25.3 Å². The molecule has 0 aromatic heterocycles. The van der Waals surface area contributed by atoms with Crippen molar-refractivity contribution in [3.8, 4) is 0 Å². The molecule has 2 amide bonds. The highest BCUT2D eigenvalue weighted by atomic mass is 19.1. The minimum Gasteiger partial charge on any atom is -0.478 e. The van der Waals surface area contributed by atoms with Gasteiger partial charge in [0.1, 0.15) is 5.82 Å². The molecule has 1 heterocycles. The summed E-state index contributed by atoms with van der Waals surface area (Å²) >= 11 is 0. The number of benzene rings is 1. The van der Waals surface area contributed by atoms with Crippen LogP contribution in [-0.2, 0) is 0 Å². The molecule has 1 atom stereocenters. The average Bonchev–Trinajstić information content (AvgIpc) is 2.65. The van der Waals surface area contributed by atoms with Crippen molar-refractivity contribution in [2.45, 2.75) is 26.2 Å². The van der Waals surface area contributed by atoms with E-state index in [4.69, 9.17) is 5.11 Å². The maximum Gasteiger partial charge on any atom is 0.337 e. The number of hydrogen-bond donors (Lipinski definition) is 2. The van der Waals surface area contributed by atoms with Gasteiger partial charge in [0, 0.05) is 13.1 Å². The molecular weight excluding hydrogens is 275 g/mol. The minimum atomic E-state index is -1.27. The number of rotatable bonds is 2. The van der Waals surface area contributed by atoms with E-state index in [1.807, 2.05) is 0 Å². The summed E-state index contributed by atoms with van der Waals surface area (Å²) in [4.78, 5) is 24.9. The predicted octanol–water partition coefficient (Wildman–Crippen LogP) is 3.18. The number of carbonyl (C=O) groups excluding carboxylic acids is 1. The van der Waals surface area contributed by atoms with Gasteiger partial charge in [-0.15, -0.1) is 0 Å². The van der Waals surface area contributed by atoms with Gasteiger partial charge in [0.05, 0.1) is 11.3 Å². The largest absolute Gasteiger partial charge is 0.478 e. The average molecular weight is 294 g/mol. The van der Waals surface area contributed by atoms with Crippen LogP contribution in [0.1, 0.15) is 36.5 Å². The quantitative estimate of drug-likeness (QED) is 0.880. The van der Waals surface area contributed by atoms with Crippen LogP contribution in [0.2, 0.25) is 0 Å². The number of nitrogens with one attached hydrogen (secondary N) is 1. The highest BCUT2D eigenvalue weighted by molar-refractivity contribution is 6.00. The number of carboxylic acids is 1. The van der Waals surface area contributed by atoms with Crippen LogP contribution in [0.3, 0.4) is 0 Å². The summed E-state index contributed by atoms with van der Waals surface area (Å²) in [7, 11) is 0. The monoisotopic (exact) mass is 294 g/mol. The lowest BCUT2D eigenvalue weighted by molar-refractivity contribution is 0.0697. The zero-order valence-corrected chi connectivity index (χ0v) is 11.9. The molecule has 2 N–H and O–H groups in total. The lowest BCUT2D eigenvalue weighted by Crippen LogP contribution is -2.36. The van der Waals surface area contributed by atoms with E-state index in [2.05, 4.69) is 12.2 Å². The van der Waals surface area contributed by atoms with Gasteiger partial charge in [-0.1, -0.05) is 13.0 Å². The summed E-state index contributed by atoms with van der Waals surface area (Å²) in [5.41, 5.74) is -0.515. The van der Waals surface area contributed by atoms with Crippen molar-refractivity contribution in [1.82, 2.24) is 4.90 Å². The second-order valence-corrected chi connectivity index (χ2v) is 5.42. The molecule has 6 heteroatoms. The summed E-state index contributed by atoms with van der Waals surface area (Å²) < 4.78 is 13.8. The molecule has 2 rings (SSSR count). The molecule has 0 radical (unpaired) electrons. The Kier molecular flexibility index (Phi) is 4.77. The molecule has 1 aliphatic rings. The molecule has 1 aromatic rings. The topological polar surface area (TPSA) is 69.6 Å². The molecule has 5 nitrogen and oxygen atoms in total. The first-order valence-corrected chi connectivity index (χ1v) is 7.06. The molecule has 0 spiro atoms. The van der Waals surface area contributed by atoms with Crippen molar-refractivity contribution >= 4 is 17.7 Å². The first-order chi connectivity index (χ1) is 9.99. The molecule has 1 aliphatic heterocycles. The highest BCUT2D eigenvalue weighted by Crippen LogP contribution is 2.22. The third-order valence-electron chi connectivity index (χ3n) is 3.78. The number of carbonyl (C=O) groups is 2. The Morgan fingerprint density at radius 1 is 1.33 bits per heavy atom. The Balaban J connectivity index is 2.14. The smallest absolute Gasteiger partial charge is 0.337 e. The SMILES string of the molecule is CC1CCCN(C(=O)Nc2c(F)cccc2C(=O)O)CC1. The van der Waals surface area contributed by atoms with Gasteiger partial charge in [0.25, 0.3) is 0 Å². The van der Waals surface area contributed by atoms with Crippen molar-refractivity contribution < 1.29 is 19.1 Å². The van der Waals surface area contributed by atoms with E-state index in [0.29, 0.717) is 19.0 Å². The summed E-state index contributed by atoms with van der Waals surface area (Å²) in [6, 6.07) is 3.26. The summed E-state index contributed by atoms with van der Waals surface area (Å²) in [5.74, 6) is -1.45. The third kappa shape index (κ3) is 3.71. The number of amides is 2. The van der Waals surface area contributed by atoms with Gasteiger partial charge >= 0.3 is 12.0 Å². The van der Waals surface area contributed by atoms with Gasteiger partial charge < -0.3 is 15.3 Å². The van der Waals surface area contributed by atoms with Gasteiger partial charge in [-0.05, 0) is 37.3 Å². The minimum absolute atomic E-state index is 0.244. The Morgan fingerprint density at radius 2 is 2.10 bits per heavy atom. The van der Waals surface area contributed by atoms with Crippen LogP contribution in [0.25, 0.3) is 0 Å². The fourth-order valence-corrected chi connectivity index (χ4v) is 2.48. The number of urea groups is 1. The van der Waals surface area contributed by atoms with Crippen LogP contribution >= 0.6 is 0 Å². The van der Waals surface area contributed by atoms with E-state index >= 15 is 0 Å². The lowest BCUT2D eigenvalue weighted by Gasteiger charge is -2.21. The van der Waals surface area contributed by atoms with Crippen LogP contribution in [0, 0.1) is 11.7 Å². The Labute approximate surface area is 122 Å². The number of para-hydroxylation sites is 1. The normalized spacial score (nSPS) is 19.0. The number of likely N-dealkylation sites (tertiary alicyclic amines) is 1. The number of nitrogens with zero attached hydrogens (tertiary/aromatic N) is 1. The molecule has 114 valence electrons. The van der Waals surface area contributed by atoms with Crippen LogP contribution < -0.4 is 5.32 Å². The number of halogens is 1. The zero-order chi connectivity index (χ0) is 15.4. The molecule has 1 fully saturated rings. The Hall–Kier alpha value is -2.11. The van der Waals surface area contributed by atoms with Gasteiger partial charge in [0.2, 0.25) is 0 Å². The summed E-state index contributed by atoms with van der Waals surface area (Å²) in [5, 5.41) is 11.5. The summed E-state index contributed by atoms with van der Waals surface area (Å²) in [6.07, 6.45) is 2.86. The van der Waals surface area contributed by atoms with Crippen molar-refractivity contribution in [2.24, 2.45) is 5.92 Å². The first-order valence-electron chi connectivity index (χ1n) is 7.06. The van der Waals surface area contributed by atoms with Gasteiger partial charge in [0.15, 0.2) is 0 Å². The fourth-order valence-electron chi connectivity index (χ4n) is 2.48. The molecular formula is C15H19FN2O3. The molecule has 21 heavy (non-hydrogen) atoms. The maximum absolute atomic E-state index is 13.8. The van der Waals surface area contributed by atoms with Gasteiger partial charge in [-0.2, -0.15) is 0 Å². The number of hydrogen-bond acceptors (Lipinski definition) is 2. The highest BCUT2D eigenvalue weighted by Gasteiger charge is 2.22. The van der Waals surface area contributed by atoms with Crippen molar-refractivity contribution in [1.29, 1.82) is 0 Å². The third-order valence-corrected chi connectivity index (χ3v) is 3.78. The Bertz CT molecular complexity index is 548. The second kappa shape index (κ2) is 6.56.